The van der Waals surface area contributed by atoms with Crippen LogP contribution in [0.4, 0.5) is 5.13 Å². The number of carbonyl (C=O) groups is 1. The summed E-state index contributed by atoms with van der Waals surface area (Å²) in [6, 6.07) is 0. The van der Waals surface area contributed by atoms with Gasteiger partial charge in [-0.3, -0.25) is 4.79 Å². The second-order valence-electron chi connectivity index (χ2n) is 7.65. The smallest absolute Gasteiger partial charge is 0.325 e. The van der Waals surface area contributed by atoms with Crippen LogP contribution in [0, 0.1) is 0 Å². The Labute approximate surface area is 152 Å². The topological polar surface area (TPSA) is 77.2 Å². The fourth-order valence-electron chi connectivity index (χ4n) is 1.84. The maximum Gasteiger partial charge on any atom is 0.325 e. The summed E-state index contributed by atoms with van der Waals surface area (Å²) >= 11 is 1.44. The van der Waals surface area contributed by atoms with Crippen LogP contribution < -0.4 is 5.32 Å². The molecule has 0 radical (unpaired) electrons. The first kappa shape index (κ1) is 19.2. The van der Waals surface area contributed by atoms with Crippen LogP contribution in [0.3, 0.4) is 0 Å². The highest BCUT2D eigenvalue weighted by Crippen LogP contribution is 2.24. The first-order chi connectivity index (χ1) is 11.5. The molecule has 2 aromatic heterocycles. The van der Waals surface area contributed by atoms with Gasteiger partial charge in [-0.25, -0.2) is 9.97 Å². The van der Waals surface area contributed by atoms with Gasteiger partial charge in [-0.1, -0.05) is 32.1 Å². The standard InChI is InChI=1S/C18H25N3O3S/c1-17(2,3)13-10-19-14(23-13)8-7-12-9-20-16(25-12)21-11-15(22)24-18(4,5)6/h7-10H,11H2,1-6H3,(H,20,21)/b8-7+. The number of nitrogens with zero attached hydrogens (tertiary/aromatic N) is 2. The van der Waals surface area contributed by atoms with Crippen LogP contribution in [0.1, 0.15) is 58.1 Å². The lowest BCUT2D eigenvalue weighted by Gasteiger charge is -2.19. The molecule has 25 heavy (non-hydrogen) atoms. The Kier molecular flexibility index (Phi) is 5.67. The molecule has 0 atom stereocenters. The highest BCUT2D eigenvalue weighted by Gasteiger charge is 2.18. The van der Waals surface area contributed by atoms with E-state index in [9.17, 15) is 4.79 Å². The van der Waals surface area contributed by atoms with Gasteiger partial charge < -0.3 is 14.5 Å². The molecule has 0 aliphatic carbocycles. The lowest BCUT2D eigenvalue weighted by molar-refractivity contribution is -0.152. The third-order valence-electron chi connectivity index (χ3n) is 2.98. The highest BCUT2D eigenvalue weighted by molar-refractivity contribution is 7.16. The minimum atomic E-state index is -0.489. The molecule has 7 heteroatoms. The van der Waals surface area contributed by atoms with Crippen molar-refractivity contribution < 1.29 is 13.9 Å². The molecule has 1 N–H and O–H groups in total. The summed E-state index contributed by atoms with van der Waals surface area (Å²) in [5, 5.41) is 3.63. The molecule has 0 unspecified atom stereocenters. The molecule has 0 fully saturated rings. The van der Waals surface area contributed by atoms with Crippen LogP contribution in [0.15, 0.2) is 16.8 Å². The number of hydrogen-bond donors (Lipinski definition) is 1. The van der Waals surface area contributed by atoms with Crippen LogP contribution in [-0.4, -0.2) is 28.1 Å². The number of ether oxygens (including phenoxy) is 1. The second kappa shape index (κ2) is 7.39. The molecular formula is C18H25N3O3S. The van der Waals surface area contributed by atoms with Gasteiger partial charge in [0.2, 0.25) is 5.89 Å². The molecule has 2 rings (SSSR count). The molecule has 2 heterocycles. The number of anilines is 1. The van der Waals surface area contributed by atoms with Gasteiger partial charge in [0.1, 0.15) is 17.9 Å². The third kappa shape index (κ3) is 6.34. The van der Waals surface area contributed by atoms with E-state index in [1.54, 1.807) is 18.5 Å². The van der Waals surface area contributed by atoms with Crippen molar-refractivity contribution in [2.24, 2.45) is 0 Å². The summed E-state index contributed by atoms with van der Waals surface area (Å²) in [6.07, 6.45) is 7.17. The van der Waals surface area contributed by atoms with E-state index in [1.807, 2.05) is 26.8 Å². The van der Waals surface area contributed by atoms with Crippen molar-refractivity contribution in [1.29, 1.82) is 0 Å². The normalized spacial score (nSPS) is 12.6. The quantitative estimate of drug-likeness (QED) is 0.796. The maximum absolute atomic E-state index is 11.7. The SMILES string of the molecule is CC(C)(C)OC(=O)CNc1ncc(/C=C/c2ncc(C(C)(C)C)o2)s1. The van der Waals surface area contributed by atoms with Gasteiger partial charge in [-0.15, -0.1) is 0 Å². The number of esters is 1. The van der Waals surface area contributed by atoms with Gasteiger partial charge in [0.05, 0.1) is 6.20 Å². The highest BCUT2D eigenvalue weighted by atomic mass is 32.1. The number of nitrogens with one attached hydrogen (secondary N) is 1. The van der Waals surface area contributed by atoms with Crippen molar-refractivity contribution in [2.45, 2.75) is 52.6 Å². The van der Waals surface area contributed by atoms with Gasteiger partial charge in [0.25, 0.3) is 0 Å². The zero-order valence-corrected chi connectivity index (χ0v) is 16.4. The van der Waals surface area contributed by atoms with E-state index in [2.05, 4.69) is 36.1 Å². The average molecular weight is 363 g/mol. The van der Waals surface area contributed by atoms with Gasteiger partial charge in [-0.05, 0) is 26.8 Å². The largest absolute Gasteiger partial charge is 0.459 e. The van der Waals surface area contributed by atoms with Crippen LogP contribution in [0.25, 0.3) is 12.2 Å². The fourth-order valence-corrected chi connectivity index (χ4v) is 2.55. The van der Waals surface area contributed by atoms with Crippen molar-refractivity contribution in [2.75, 3.05) is 11.9 Å². The van der Waals surface area contributed by atoms with E-state index >= 15 is 0 Å². The molecule has 0 saturated carbocycles. The Bertz CT molecular complexity index is 748. The zero-order chi connectivity index (χ0) is 18.7. The molecule has 6 nitrogen and oxygen atoms in total. The molecule has 0 aliphatic rings. The summed E-state index contributed by atoms with van der Waals surface area (Å²) in [4.78, 5) is 21.1. The van der Waals surface area contributed by atoms with Crippen LogP contribution >= 0.6 is 11.3 Å². The van der Waals surface area contributed by atoms with Gasteiger partial charge >= 0.3 is 5.97 Å². The summed E-state index contributed by atoms with van der Waals surface area (Å²) < 4.78 is 11.0. The molecule has 0 aromatic carbocycles. The summed E-state index contributed by atoms with van der Waals surface area (Å²) in [7, 11) is 0. The first-order valence-corrected chi connectivity index (χ1v) is 8.90. The second-order valence-corrected chi connectivity index (χ2v) is 8.72. The third-order valence-corrected chi connectivity index (χ3v) is 3.90. The van der Waals surface area contributed by atoms with Gasteiger partial charge in [0.15, 0.2) is 5.13 Å². The Hall–Kier alpha value is -2.15. The van der Waals surface area contributed by atoms with Crippen molar-refractivity contribution >= 4 is 34.6 Å². The fraction of sp³-hybridized carbons (Fsp3) is 0.500. The number of thiazole rings is 1. The summed E-state index contributed by atoms with van der Waals surface area (Å²) in [5.74, 6) is 1.09. The molecule has 0 aliphatic heterocycles. The Morgan fingerprint density at radius 2 is 1.92 bits per heavy atom. The van der Waals surface area contributed by atoms with Crippen LogP contribution in [-0.2, 0) is 14.9 Å². The molecule has 2 aromatic rings. The first-order valence-electron chi connectivity index (χ1n) is 8.09. The molecule has 0 spiro atoms. The average Bonchev–Trinajstić information content (AvgIpc) is 3.10. The van der Waals surface area contributed by atoms with E-state index in [0.717, 1.165) is 10.6 Å². The number of rotatable bonds is 5. The summed E-state index contributed by atoms with van der Waals surface area (Å²) in [5.41, 5.74) is -0.556. The number of hydrogen-bond acceptors (Lipinski definition) is 7. The number of oxazole rings is 1. The van der Waals surface area contributed by atoms with Crippen LogP contribution in [0.5, 0.6) is 0 Å². The Morgan fingerprint density at radius 1 is 1.20 bits per heavy atom. The number of carbonyl (C=O) groups excluding carboxylic acids is 1. The van der Waals surface area contributed by atoms with Crippen molar-refractivity contribution in [3.63, 3.8) is 0 Å². The Morgan fingerprint density at radius 3 is 2.52 bits per heavy atom. The Balaban J connectivity index is 1.91. The minimum Gasteiger partial charge on any atom is -0.459 e. The predicted molar refractivity (Wildman–Crippen MR) is 101 cm³/mol. The van der Waals surface area contributed by atoms with Crippen molar-refractivity contribution in [1.82, 2.24) is 9.97 Å². The molecular weight excluding hydrogens is 338 g/mol. The van der Waals surface area contributed by atoms with Gasteiger partial charge in [-0.2, -0.15) is 0 Å². The van der Waals surface area contributed by atoms with E-state index in [1.165, 1.54) is 11.3 Å². The molecule has 0 bridgehead atoms. The lowest BCUT2D eigenvalue weighted by atomic mass is 9.94. The molecule has 0 saturated heterocycles. The minimum absolute atomic E-state index is 0.0671. The monoisotopic (exact) mass is 363 g/mol. The summed E-state index contributed by atoms with van der Waals surface area (Å²) in [6.45, 7) is 11.8. The van der Waals surface area contributed by atoms with E-state index in [-0.39, 0.29) is 17.9 Å². The molecule has 136 valence electrons. The predicted octanol–water partition coefficient (Wildman–Crippen LogP) is 4.35. The van der Waals surface area contributed by atoms with Crippen LogP contribution in [0.2, 0.25) is 0 Å². The number of aromatic nitrogens is 2. The van der Waals surface area contributed by atoms with E-state index in [4.69, 9.17) is 9.15 Å². The van der Waals surface area contributed by atoms with E-state index < -0.39 is 5.60 Å². The van der Waals surface area contributed by atoms with E-state index in [0.29, 0.717) is 11.0 Å². The lowest BCUT2D eigenvalue weighted by Crippen LogP contribution is -2.28. The zero-order valence-electron chi connectivity index (χ0n) is 15.5. The van der Waals surface area contributed by atoms with Crippen molar-refractivity contribution in [3.05, 3.63) is 28.9 Å². The maximum atomic E-state index is 11.7. The van der Waals surface area contributed by atoms with Crippen molar-refractivity contribution in [3.8, 4) is 0 Å². The molecule has 0 amide bonds. The van der Waals surface area contributed by atoms with Gasteiger partial charge in [0, 0.05) is 22.6 Å².